The zero-order valence-corrected chi connectivity index (χ0v) is 18.2. The van der Waals surface area contributed by atoms with E-state index in [9.17, 15) is 37.1 Å². The van der Waals surface area contributed by atoms with E-state index in [1.54, 1.807) is 0 Å². The summed E-state index contributed by atoms with van der Waals surface area (Å²) in [6.45, 7) is 2.24. The maximum Gasteiger partial charge on any atom is 0.392 e. The van der Waals surface area contributed by atoms with Crippen molar-refractivity contribution in [1.82, 2.24) is 0 Å². The Kier molecular flexibility index (Phi) is 6.81. The zero-order valence-electron chi connectivity index (χ0n) is 18.2. The molecule has 3 atom stereocenters. The van der Waals surface area contributed by atoms with Crippen molar-refractivity contribution in [2.45, 2.75) is 45.7 Å². The van der Waals surface area contributed by atoms with Crippen LogP contribution in [0.15, 0.2) is 42.0 Å². The molecule has 3 rings (SSSR count). The number of Topliss-reactive ketones (excluding diaryl/α,β-unsaturated/α-hetero) is 1. The predicted molar refractivity (Wildman–Crippen MR) is 113 cm³/mol. The summed E-state index contributed by atoms with van der Waals surface area (Å²) in [4.78, 5) is 35.9. The van der Waals surface area contributed by atoms with Gasteiger partial charge in [-0.3, -0.25) is 14.4 Å². The second-order valence-corrected chi connectivity index (χ2v) is 8.90. The van der Waals surface area contributed by atoms with Crippen molar-refractivity contribution in [3.63, 3.8) is 0 Å². The highest BCUT2D eigenvalue weighted by molar-refractivity contribution is 5.96. The van der Waals surface area contributed by atoms with Crippen LogP contribution in [0.4, 0.5) is 23.2 Å². The van der Waals surface area contributed by atoms with Crippen LogP contribution < -0.4 is 5.32 Å². The molecule has 2 N–H and O–H groups in total. The molecule has 9 heteroatoms. The van der Waals surface area contributed by atoms with E-state index in [4.69, 9.17) is 0 Å². The van der Waals surface area contributed by atoms with Crippen LogP contribution in [0.5, 0.6) is 0 Å². The van der Waals surface area contributed by atoms with Crippen LogP contribution >= 0.6 is 0 Å². The Morgan fingerprint density at radius 1 is 1.24 bits per heavy atom. The first-order valence-corrected chi connectivity index (χ1v) is 10.6. The molecule has 5 nitrogen and oxygen atoms in total. The molecule has 0 aliphatic heterocycles. The predicted octanol–water partition coefficient (Wildman–Crippen LogP) is 5.08. The average molecular weight is 467 g/mol. The van der Waals surface area contributed by atoms with Gasteiger partial charge in [-0.25, -0.2) is 4.39 Å². The number of nitrogens with one attached hydrogen (secondary N) is 1. The van der Waals surface area contributed by atoms with E-state index in [1.165, 1.54) is 37.3 Å². The minimum Gasteiger partial charge on any atom is -0.481 e. The van der Waals surface area contributed by atoms with E-state index in [-0.39, 0.29) is 24.3 Å². The molecule has 2 aliphatic carbocycles. The summed E-state index contributed by atoms with van der Waals surface area (Å²) in [7, 11) is 0. The highest BCUT2D eigenvalue weighted by atomic mass is 19.4. The third-order valence-electron chi connectivity index (χ3n) is 6.50. The van der Waals surface area contributed by atoms with Crippen molar-refractivity contribution in [3.8, 4) is 0 Å². The van der Waals surface area contributed by atoms with Gasteiger partial charge in [0.05, 0.1) is 22.9 Å². The summed E-state index contributed by atoms with van der Waals surface area (Å²) < 4.78 is 55.1. The standard InChI is InChI=1S/C24H25F4NO4/c1-13(24(26,27)28)20(17-6-4-16(5-7-17)14(2)30)21(31)29-19-11-15(3-8-18(19)25)12-23(9-10-23)22(32)33/h3-6,8,11,13,17,20H,7,9-10,12H2,1-2H3,(H,29,31)(H,32,33)/t13-,17?,20+/m1/s1. The molecule has 1 amide bonds. The minimum atomic E-state index is -4.67. The van der Waals surface area contributed by atoms with E-state index in [0.717, 1.165) is 13.0 Å². The van der Waals surface area contributed by atoms with E-state index < -0.39 is 47.0 Å². The van der Waals surface area contributed by atoms with Gasteiger partial charge < -0.3 is 10.4 Å². The summed E-state index contributed by atoms with van der Waals surface area (Å²) in [5, 5.41) is 11.6. The molecule has 0 saturated heterocycles. The van der Waals surface area contributed by atoms with Gasteiger partial charge in [-0.1, -0.05) is 31.2 Å². The lowest BCUT2D eigenvalue weighted by atomic mass is 9.77. The number of hydrogen-bond donors (Lipinski definition) is 2. The Bertz CT molecular complexity index is 1020. The number of alkyl halides is 3. The molecule has 0 bridgehead atoms. The van der Waals surface area contributed by atoms with E-state index in [2.05, 4.69) is 5.32 Å². The van der Waals surface area contributed by atoms with Gasteiger partial charge in [-0.2, -0.15) is 13.2 Å². The molecular formula is C24H25F4NO4. The summed E-state index contributed by atoms with van der Waals surface area (Å²) >= 11 is 0. The smallest absolute Gasteiger partial charge is 0.392 e. The molecule has 0 radical (unpaired) electrons. The number of rotatable bonds is 8. The number of ketones is 1. The number of benzene rings is 1. The highest BCUT2D eigenvalue weighted by Crippen LogP contribution is 2.49. The molecule has 1 aromatic rings. The van der Waals surface area contributed by atoms with Crippen LogP contribution in [0, 0.1) is 29.0 Å². The summed E-state index contributed by atoms with van der Waals surface area (Å²) in [5.41, 5.74) is -0.382. The molecule has 1 aromatic carbocycles. The van der Waals surface area contributed by atoms with Crippen LogP contribution in [0.3, 0.4) is 0 Å². The van der Waals surface area contributed by atoms with Crippen LogP contribution in [0.25, 0.3) is 0 Å². The minimum absolute atomic E-state index is 0.0631. The number of carbonyl (C=O) groups is 3. The van der Waals surface area contributed by atoms with Gasteiger partial charge in [0.2, 0.25) is 5.91 Å². The van der Waals surface area contributed by atoms with Gasteiger partial charge in [0.15, 0.2) is 5.78 Å². The third kappa shape index (κ3) is 5.51. The molecule has 1 unspecified atom stereocenters. The molecule has 0 aromatic heterocycles. The maximum absolute atomic E-state index is 14.4. The number of carboxylic acids is 1. The largest absolute Gasteiger partial charge is 0.481 e. The van der Waals surface area contributed by atoms with Crippen molar-refractivity contribution < 1.29 is 37.1 Å². The number of allylic oxidation sites excluding steroid dienone is 4. The normalized spacial score (nSPS) is 21.0. The molecule has 1 saturated carbocycles. The van der Waals surface area contributed by atoms with Crippen LogP contribution in [0.2, 0.25) is 0 Å². The average Bonchev–Trinajstić information content (AvgIpc) is 3.51. The first kappa shape index (κ1) is 24.7. The number of aliphatic carboxylic acids is 1. The first-order valence-electron chi connectivity index (χ1n) is 10.6. The van der Waals surface area contributed by atoms with Crippen molar-refractivity contribution in [2.75, 3.05) is 5.32 Å². The van der Waals surface area contributed by atoms with Crippen molar-refractivity contribution in [2.24, 2.45) is 23.2 Å². The zero-order chi connectivity index (χ0) is 24.6. The maximum atomic E-state index is 14.4. The molecule has 178 valence electrons. The van der Waals surface area contributed by atoms with Crippen molar-refractivity contribution >= 4 is 23.3 Å². The van der Waals surface area contributed by atoms with Gasteiger partial charge in [-0.15, -0.1) is 0 Å². The molecule has 33 heavy (non-hydrogen) atoms. The fourth-order valence-corrected chi connectivity index (χ4v) is 4.16. The number of halogens is 4. The summed E-state index contributed by atoms with van der Waals surface area (Å²) in [6.07, 6.45) is 0.819. The van der Waals surface area contributed by atoms with Gasteiger partial charge in [-0.05, 0) is 56.2 Å². The topological polar surface area (TPSA) is 83.5 Å². The Hall–Kier alpha value is -2.97. The Labute approximate surface area is 188 Å². The van der Waals surface area contributed by atoms with Gasteiger partial charge in [0, 0.05) is 5.57 Å². The second kappa shape index (κ2) is 9.11. The number of hydrogen-bond acceptors (Lipinski definition) is 3. The van der Waals surface area contributed by atoms with Gasteiger partial charge in [0.25, 0.3) is 0 Å². The lowest BCUT2D eigenvalue weighted by Gasteiger charge is -2.31. The fourth-order valence-electron chi connectivity index (χ4n) is 4.16. The first-order chi connectivity index (χ1) is 15.3. The van der Waals surface area contributed by atoms with Gasteiger partial charge >= 0.3 is 12.1 Å². The summed E-state index contributed by atoms with van der Waals surface area (Å²) in [5.74, 6) is -7.43. The number of carbonyl (C=O) groups excluding carboxylic acids is 2. The van der Waals surface area contributed by atoms with Crippen LogP contribution in [-0.4, -0.2) is 28.9 Å². The lowest BCUT2D eigenvalue weighted by Crippen LogP contribution is -2.40. The quantitative estimate of drug-likeness (QED) is 0.523. The fraction of sp³-hybridized carbons (Fsp3) is 0.458. The highest BCUT2D eigenvalue weighted by Gasteiger charge is 2.50. The lowest BCUT2D eigenvalue weighted by molar-refractivity contribution is -0.188. The van der Waals surface area contributed by atoms with E-state index in [0.29, 0.717) is 24.0 Å². The van der Waals surface area contributed by atoms with E-state index in [1.807, 2.05) is 0 Å². The van der Waals surface area contributed by atoms with Crippen LogP contribution in [-0.2, 0) is 20.8 Å². The molecule has 0 heterocycles. The third-order valence-corrected chi connectivity index (χ3v) is 6.50. The number of anilines is 1. The Balaban J connectivity index is 1.84. The molecule has 0 spiro atoms. The number of carboxylic acid groups (broad SMARTS) is 1. The van der Waals surface area contributed by atoms with Crippen molar-refractivity contribution in [3.05, 3.63) is 53.4 Å². The van der Waals surface area contributed by atoms with Crippen molar-refractivity contribution in [1.29, 1.82) is 0 Å². The second-order valence-electron chi connectivity index (χ2n) is 8.90. The van der Waals surface area contributed by atoms with Gasteiger partial charge in [0.1, 0.15) is 5.82 Å². The van der Waals surface area contributed by atoms with E-state index >= 15 is 0 Å². The molecular weight excluding hydrogens is 442 g/mol. The monoisotopic (exact) mass is 467 g/mol. The summed E-state index contributed by atoms with van der Waals surface area (Å²) in [6, 6.07) is 3.74. The Morgan fingerprint density at radius 2 is 1.91 bits per heavy atom. The molecule has 2 aliphatic rings. The Morgan fingerprint density at radius 3 is 2.39 bits per heavy atom. The molecule has 1 fully saturated rings. The SMILES string of the molecule is CC(=O)C1=CCC([C@@H](C(=O)Nc2cc(CC3(C(=O)O)CC3)ccc2F)[C@@H](C)C(F)(F)F)C=C1. The van der Waals surface area contributed by atoms with Crippen LogP contribution in [0.1, 0.15) is 38.7 Å². The number of amides is 1.